The Kier molecular flexibility index (Phi) is 11.1. The summed E-state index contributed by atoms with van der Waals surface area (Å²) in [4.78, 5) is 32.9. The maximum absolute atomic E-state index is 13.6. The van der Waals surface area contributed by atoms with Gasteiger partial charge in [-0.25, -0.2) is 0 Å². The number of piperazine rings is 2. The molecule has 0 bridgehead atoms. The number of hydrogen-bond acceptors (Lipinski definition) is 9. The zero-order valence-corrected chi connectivity index (χ0v) is 28.1. The number of nitrogens with zero attached hydrogens (tertiary/aromatic N) is 6. The molecule has 2 aromatic heterocycles. The van der Waals surface area contributed by atoms with E-state index in [0.717, 1.165) is 16.7 Å². The normalized spacial score (nSPS) is 18.5. The van der Waals surface area contributed by atoms with Gasteiger partial charge in [0.25, 0.3) is 0 Å². The van der Waals surface area contributed by atoms with Crippen molar-refractivity contribution in [2.45, 2.75) is 44.1 Å². The number of aromatic nitrogens is 3. The molecule has 6 rings (SSSR count). The van der Waals surface area contributed by atoms with E-state index in [4.69, 9.17) is 14.2 Å². The average Bonchev–Trinajstić information content (AvgIpc) is 3.12. The van der Waals surface area contributed by atoms with Crippen LogP contribution in [0.3, 0.4) is 0 Å². The van der Waals surface area contributed by atoms with Crippen molar-refractivity contribution in [3.8, 4) is 17.8 Å². The number of carbonyl (C=O) groups excluding carboxylic acids is 1. The predicted octanol–water partition coefficient (Wildman–Crippen LogP) is 4.99. The van der Waals surface area contributed by atoms with Crippen molar-refractivity contribution < 1.29 is 32.2 Å². The van der Waals surface area contributed by atoms with Gasteiger partial charge in [0.05, 0.1) is 25.7 Å². The third-order valence-corrected chi connectivity index (χ3v) is 9.13. The van der Waals surface area contributed by atoms with Crippen molar-refractivity contribution in [3.63, 3.8) is 0 Å². The lowest BCUT2D eigenvalue weighted by molar-refractivity contribution is -0.154. The molecule has 1 amide bonds. The highest BCUT2D eigenvalue weighted by atomic mass is 19.4. The van der Waals surface area contributed by atoms with E-state index >= 15 is 0 Å². The van der Waals surface area contributed by atoms with Gasteiger partial charge in [-0.05, 0) is 29.7 Å². The number of ether oxygens (including phenoxy) is 3. The van der Waals surface area contributed by atoms with Gasteiger partial charge in [-0.1, -0.05) is 66.7 Å². The van der Waals surface area contributed by atoms with E-state index in [0.29, 0.717) is 38.3 Å². The number of rotatable bonds is 12. The van der Waals surface area contributed by atoms with Gasteiger partial charge >= 0.3 is 12.2 Å². The number of pyridine rings is 1. The quantitative estimate of drug-likeness (QED) is 0.204. The van der Waals surface area contributed by atoms with Gasteiger partial charge in [0.15, 0.2) is 6.61 Å². The molecule has 10 nitrogen and oxygen atoms in total. The second-order valence-corrected chi connectivity index (χ2v) is 12.5. The van der Waals surface area contributed by atoms with Gasteiger partial charge in [0.2, 0.25) is 17.7 Å². The third-order valence-electron chi connectivity index (χ3n) is 9.13. The summed E-state index contributed by atoms with van der Waals surface area (Å²) in [6.45, 7) is 3.44. The van der Waals surface area contributed by atoms with Crippen molar-refractivity contribution in [1.82, 2.24) is 29.7 Å². The summed E-state index contributed by atoms with van der Waals surface area (Å²) >= 11 is 0. The van der Waals surface area contributed by atoms with Crippen molar-refractivity contribution in [1.29, 1.82) is 0 Å². The summed E-state index contributed by atoms with van der Waals surface area (Å²) in [5.41, 5.74) is 3.44. The highest BCUT2D eigenvalue weighted by molar-refractivity contribution is 5.78. The molecule has 2 aliphatic heterocycles. The summed E-state index contributed by atoms with van der Waals surface area (Å²) in [7, 11) is 1.41. The van der Waals surface area contributed by atoms with Gasteiger partial charge in [-0.2, -0.15) is 23.1 Å². The summed E-state index contributed by atoms with van der Waals surface area (Å²) in [6, 6.07) is 24.1. The molecular weight excluding hydrogens is 649 g/mol. The summed E-state index contributed by atoms with van der Waals surface area (Å²) in [6.07, 6.45) is -0.930. The Hall–Kier alpha value is -4.75. The summed E-state index contributed by atoms with van der Waals surface area (Å²) < 4.78 is 56.4. The van der Waals surface area contributed by atoms with Crippen LogP contribution in [0.5, 0.6) is 17.8 Å². The molecule has 2 atom stereocenters. The molecule has 0 N–H and O–H groups in total. The van der Waals surface area contributed by atoms with Gasteiger partial charge in [0, 0.05) is 69.7 Å². The molecule has 0 radical (unpaired) electrons. The Labute approximate surface area is 289 Å². The highest BCUT2D eigenvalue weighted by Gasteiger charge is 2.43. The number of hydrogen-bond donors (Lipinski definition) is 0. The zero-order chi connectivity index (χ0) is 35.1. The first-order valence-corrected chi connectivity index (χ1v) is 16.7. The number of halogens is 3. The summed E-state index contributed by atoms with van der Waals surface area (Å²) in [5.74, 6) is -0.159. The van der Waals surface area contributed by atoms with Crippen LogP contribution in [-0.4, -0.2) is 107 Å². The van der Waals surface area contributed by atoms with Crippen molar-refractivity contribution >= 4 is 5.91 Å². The fraction of sp³-hybridized carbons (Fsp3) is 0.405. The molecule has 0 spiro atoms. The lowest BCUT2D eigenvalue weighted by Gasteiger charge is -2.53. The van der Waals surface area contributed by atoms with Crippen molar-refractivity contribution in [2.75, 3.05) is 53.0 Å². The van der Waals surface area contributed by atoms with Crippen LogP contribution >= 0.6 is 0 Å². The molecule has 0 unspecified atom stereocenters. The SMILES string of the molecule is CCOc1nc(OC)c(CN2C[C@@H]3CN(C(=O)Cc4cccnc4)CCN3[C@H](C(c3ccccc3)c3ccccc3)C2)c(OCC(F)(F)F)n1. The van der Waals surface area contributed by atoms with Crippen LogP contribution in [0, 0.1) is 0 Å². The van der Waals surface area contributed by atoms with Gasteiger partial charge in [0.1, 0.15) is 0 Å². The van der Waals surface area contributed by atoms with E-state index in [2.05, 4.69) is 49.0 Å². The van der Waals surface area contributed by atoms with E-state index in [9.17, 15) is 18.0 Å². The average molecular weight is 691 g/mol. The van der Waals surface area contributed by atoms with Crippen molar-refractivity contribution in [3.05, 3.63) is 107 Å². The van der Waals surface area contributed by atoms with Gasteiger partial charge in [-0.3, -0.25) is 19.6 Å². The monoisotopic (exact) mass is 690 g/mol. The largest absolute Gasteiger partial charge is 0.481 e. The standard InChI is InChI=1S/C37H41F3N6O4/c1-3-49-36-42-34(48-2)30(35(43-36)50-25-37(38,39)40)23-44-21-29-22-45(32(47)19-26-11-10-16-41-20-26)17-18-46(29)31(24-44)33(27-12-6-4-7-13-27)28-14-8-5-9-15-28/h4-16,20,29,31,33H,3,17-19,21-25H2,1-2H3/t29-,31+/m1/s1. The zero-order valence-electron chi connectivity index (χ0n) is 28.1. The number of carbonyl (C=O) groups is 1. The highest BCUT2D eigenvalue weighted by Crippen LogP contribution is 2.38. The van der Waals surface area contributed by atoms with Crippen LogP contribution in [0.25, 0.3) is 0 Å². The lowest BCUT2D eigenvalue weighted by atomic mass is 9.81. The molecular formula is C37H41F3N6O4. The van der Waals surface area contributed by atoms with E-state index in [1.54, 1.807) is 19.3 Å². The number of fused-ring (bicyclic) bond motifs is 1. The molecule has 2 aliphatic rings. The Morgan fingerprint density at radius 2 is 1.60 bits per heavy atom. The van der Waals surface area contributed by atoms with Crippen molar-refractivity contribution in [2.24, 2.45) is 0 Å². The predicted molar refractivity (Wildman–Crippen MR) is 180 cm³/mol. The molecule has 13 heteroatoms. The molecule has 4 aromatic rings. The minimum atomic E-state index is -4.58. The molecule has 50 heavy (non-hydrogen) atoms. The maximum Gasteiger partial charge on any atom is 0.422 e. The smallest absolute Gasteiger partial charge is 0.422 e. The number of amides is 1. The first kappa shape index (κ1) is 35.1. The van der Waals surface area contributed by atoms with Crippen LogP contribution in [0.15, 0.2) is 85.2 Å². The number of alkyl halides is 3. The second kappa shape index (κ2) is 15.9. The summed E-state index contributed by atoms with van der Waals surface area (Å²) in [5, 5.41) is 0. The van der Waals surface area contributed by atoms with E-state index in [-0.39, 0.29) is 61.3 Å². The lowest BCUT2D eigenvalue weighted by Crippen LogP contribution is -2.67. The molecule has 264 valence electrons. The molecule has 0 aliphatic carbocycles. The molecule has 0 saturated carbocycles. The van der Waals surface area contributed by atoms with Crippen LogP contribution in [-0.2, 0) is 17.8 Å². The molecule has 2 fully saturated rings. The van der Waals surface area contributed by atoms with Crippen LogP contribution < -0.4 is 14.2 Å². The Balaban J connectivity index is 1.36. The fourth-order valence-electron chi connectivity index (χ4n) is 7.03. The van der Waals surface area contributed by atoms with Crippen LogP contribution in [0.4, 0.5) is 13.2 Å². The fourth-order valence-corrected chi connectivity index (χ4v) is 7.03. The first-order chi connectivity index (χ1) is 24.2. The van der Waals surface area contributed by atoms with Crippen LogP contribution in [0.1, 0.15) is 35.1 Å². The Bertz CT molecular complexity index is 1660. The van der Waals surface area contributed by atoms with E-state index < -0.39 is 12.8 Å². The van der Waals surface area contributed by atoms with E-state index in [1.165, 1.54) is 7.11 Å². The number of methoxy groups -OCH3 is 1. The van der Waals surface area contributed by atoms with Gasteiger partial charge in [-0.15, -0.1) is 0 Å². The number of benzene rings is 2. The van der Waals surface area contributed by atoms with Gasteiger partial charge < -0.3 is 19.1 Å². The molecule has 2 saturated heterocycles. The molecule has 4 heterocycles. The second-order valence-electron chi connectivity index (χ2n) is 12.5. The Morgan fingerprint density at radius 3 is 2.22 bits per heavy atom. The first-order valence-electron chi connectivity index (χ1n) is 16.7. The Morgan fingerprint density at radius 1 is 0.900 bits per heavy atom. The maximum atomic E-state index is 13.6. The minimum absolute atomic E-state index is 0.0263. The molecule has 2 aromatic carbocycles. The minimum Gasteiger partial charge on any atom is -0.481 e. The third kappa shape index (κ3) is 8.51. The van der Waals surface area contributed by atoms with Crippen LogP contribution in [0.2, 0.25) is 0 Å². The topological polar surface area (TPSA) is 93.2 Å². The van der Waals surface area contributed by atoms with E-state index in [1.807, 2.05) is 53.4 Å².